The summed E-state index contributed by atoms with van der Waals surface area (Å²) in [6.45, 7) is 1.27. The summed E-state index contributed by atoms with van der Waals surface area (Å²) in [5.74, 6) is -1.81. The highest BCUT2D eigenvalue weighted by Crippen LogP contribution is 2.37. The molecule has 140 valence electrons. The first-order chi connectivity index (χ1) is 13.4. The lowest BCUT2D eigenvalue weighted by atomic mass is 10.1. The van der Waals surface area contributed by atoms with Gasteiger partial charge in [0, 0.05) is 5.39 Å². The summed E-state index contributed by atoms with van der Waals surface area (Å²) in [4.78, 5) is 27.2. The molecule has 8 heteroatoms. The van der Waals surface area contributed by atoms with E-state index >= 15 is 0 Å². The minimum Gasteiger partial charge on any atom is -0.505 e. The lowest BCUT2D eigenvalue weighted by molar-refractivity contribution is -0.138. The first-order valence-corrected chi connectivity index (χ1v) is 8.24. The first kappa shape index (κ1) is 18.7. The number of nitrogens with zero attached hydrogens (tertiary/aromatic N) is 2. The van der Waals surface area contributed by atoms with Crippen LogP contribution in [-0.4, -0.2) is 33.1 Å². The van der Waals surface area contributed by atoms with Gasteiger partial charge in [0.25, 0.3) is 5.91 Å². The van der Waals surface area contributed by atoms with Crippen LogP contribution in [0.3, 0.4) is 0 Å². The number of carboxylic acid groups (broad SMARTS) is 1. The van der Waals surface area contributed by atoms with Gasteiger partial charge in [-0.3, -0.25) is 9.59 Å². The Balaban J connectivity index is 2.12. The molecule has 2 aromatic carbocycles. The highest BCUT2D eigenvalue weighted by atomic mass is 16.5. The number of para-hydroxylation sites is 1. The predicted molar refractivity (Wildman–Crippen MR) is 99.2 cm³/mol. The SMILES string of the molecule is C[C@H](NC(=O)c1nc(C#N)c2c(Oc3ccccc3)cccc2c1O)C(=O)O. The predicted octanol–water partition coefficient (Wildman–Crippen LogP) is 2.81. The number of fused-ring (bicyclic) bond motifs is 1. The molecule has 3 aromatic rings. The maximum Gasteiger partial charge on any atom is 0.325 e. The van der Waals surface area contributed by atoms with Gasteiger partial charge in [-0.1, -0.05) is 30.3 Å². The highest BCUT2D eigenvalue weighted by molar-refractivity contribution is 6.05. The van der Waals surface area contributed by atoms with Crippen molar-refractivity contribution in [1.29, 1.82) is 5.26 Å². The van der Waals surface area contributed by atoms with Crippen molar-refractivity contribution < 1.29 is 24.5 Å². The number of aliphatic carboxylic acids is 1. The maximum absolute atomic E-state index is 12.3. The zero-order valence-electron chi connectivity index (χ0n) is 14.7. The second-order valence-corrected chi connectivity index (χ2v) is 5.90. The molecule has 3 rings (SSSR count). The van der Waals surface area contributed by atoms with Crippen LogP contribution in [0.5, 0.6) is 17.2 Å². The molecular formula is C20H15N3O5. The Morgan fingerprint density at radius 2 is 1.89 bits per heavy atom. The molecule has 0 saturated carbocycles. The fourth-order valence-corrected chi connectivity index (χ4v) is 2.59. The van der Waals surface area contributed by atoms with Crippen LogP contribution in [0, 0.1) is 11.3 Å². The van der Waals surface area contributed by atoms with E-state index in [0.717, 1.165) is 0 Å². The van der Waals surface area contributed by atoms with Gasteiger partial charge < -0.3 is 20.3 Å². The number of aromatic hydroxyl groups is 1. The van der Waals surface area contributed by atoms with Crippen LogP contribution in [-0.2, 0) is 4.79 Å². The third kappa shape index (κ3) is 3.54. The normalized spacial score (nSPS) is 11.4. The molecule has 0 aliphatic carbocycles. The second kappa shape index (κ2) is 7.63. The molecule has 1 amide bonds. The van der Waals surface area contributed by atoms with E-state index in [9.17, 15) is 20.0 Å². The van der Waals surface area contributed by atoms with Gasteiger partial charge in [-0.2, -0.15) is 5.26 Å². The zero-order chi connectivity index (χ0) is 20.3. The molecule has 1 heterocycles. The molecule has 8 nitrogen and oxygen atoms in total. The largest absolute Gasteiger partial charge is 0.505 e. The number of pyridine rings is 1. The Labute approximate surface area is 159 Å². The molecule has 1 atom stereocenters. The van der Waals surface area contributed by atoms with Gasteiger partial charge in [-0.05, 0) is 25.1 Å². The lowest BCUT2D eigenvalue weighted by Crippen LogP contribution is -2.38. The fourth-order valence-electron chi connectivity index (χ4n) is 2.59. The van der Waals surface area contributed by atoms with Crippen LogP contribution in [0.2, 0.25) is 0 Å². The van der Waals surface area contributed by atoms with E-state index in [0.29, 0.717) is 5.75 Å². The molecule has 3 N–H and O–H groups in total. The Hall–Kier alpha value is -4.12. The van der Waals surface area contributed by atoms with Crippen LogP contribution in [0.4, 0.5) is 0 Å². The van der Waals surface area contributed by atoms with Crippen molar-refractivity contribution in [3.63, 3.8) is 0 Å². The van der Waals surface area contributed by atoms with Crippen molar-refractivity contribution in [3.05, 3.63) is 59.9 Å². The number of nitriles is 1. The van der Waals surface area contributed by atoms with E-state index in [1.54, 1.807) is 36.4 Å². The molecule has 0 bridgehead atoms. The van der Waals surface area contributed by atoms with Crippen molar-refractivity contribution in [3.8, 4) is 23.3 Å². The Kier molecular flexibility index (Phi) is 5.09. The van der Waals surface area contributed by atoms with Crippen LogP contribution in [0.1, 0.15) is 23.1 Å². The van der Waals surface area contributed by atoms with E-state index in [-0.39, 0.29) is 22.2 Å². The van der Waals surface area contributed by atoms with Gasteiger partial charge in [0.05, 0.1) is 5.39 Å². The number of benzene rings is 2. The van der Waals surface area contributed by atoms with Gasteiger partial charge in [0.1, 0.15) is 23.6 Å². The van der Waals surface area contributed by atoms with Crippen LogP contribution < -0.4 is 10.1 Å². The molecule has 0 radical (unpaired) electrons. The number of hydrogen-bond acceptors (Lipinski definition) is 6. The number of carboxylic acids is 1. The minimum absolute atomic E-state index is 0.132. The molecule has 0 saturated heterocycles. The Morgan fingerprint density at radius 1 is 1.18 bits per heavy atom. The van der Waals surface area contributed by atoms with Gasteiger partial charge in [-0.15, -0.1) is 0 Å². The maximum atomic E-state index is 12.3. The molecule has 0 fully saturated rings. The zero-order valence-corrected chi connectivity index (χ0v) is 14.7. The summed E-state index contributed by atoms with van der Waals surface area (Å²) < 4.78 is 5.81. The van der Waals surface area contributed by atoms with Crippen molar-refractivity contribution in [2.75, 3.05) is 0 Å². The number of aromatic nitrogens is 1. The first-order valence-electron chi connectivity index (χ1n) is 8.24. The summed E-state index contributed by atoms with van der Waals surface area (Å²) in [6.07, 6.45) is 0. The van der Waals surface area contributed by atoms with Gasteiger partial charge in [0.2, 0.25) is 0 Å². The third-order valence-electron chi connectivity index (χ3n) is 3.98. The lowest BCUT2D eigenvalue weighted by Gasteiger charge is -2.14. The molecule has 1 aromatic heterocycles. The van der Waals surface area contributed by atoms with Crippen LogP contribution in [0.25, 0.3) is 10.8 Å². The summed E-state index contributed by atoms with van der Waals surface area (Å²) in [5, 5.41) is 31.6. The number of hydrogen-bond donors (Lipinski definition) is 3. The van der Waals surface area contributed by atoms with E-state index in [2.05, 4.69) is 10.3 Å². The molecule has 28 heavy (non-hydrogen) atoms. The van der Waals surface area contributed by atoms with E-state index in [1.165, 1.54) is 13.0 Å². The van der Waals surface area contributed by atoms with Crippen LogP contribution >= 0.6 is 0 Å². The second-order valence-electron chi connectivity index (χ2n) is 5.90. The van der Waals surface area contributed by atoms with Gasteiger partial charge >= 0.3 is 5.97 Å². The van der Waals surface area contributed by atoms with Gasteiger partial charge in [-0.25, -0.2) is 4.98 Å². The monoisotopic (exact) mass is 377 g/mol. The van der Waals surface area contributed by atoms with Gasteiger partial charge in [0.15, 0.2) is 17.1 Å². The molecule has 0 unspecified atom stereocenters. The summed E-state index contributed by atoms with van der Waals surface area (Å²) in [7, 11) is 0. The number of rotatable bonds is 5. The smallest absolute Gasteiger partial charge is 0.325 e. The molecule has 0 aliphatic rings. The van der Waals surface area contributed by atoms with E-state index in [1.807, 2.05) is 12.1 Å². The van der Waals surface area contributed by atoms with Crippen molar-refractivity contribution in [1.82, 2.24) is 10.3 Å². The van der Waals surface area contributed by atoms with Crippen molar-refractivity contribution in [2.24, 2.45) is 0 Å². The number of ether oxygens (including phenoxy) is 1. The average Bonchev–Trinajstić information content (AvgIpc) is 2.69. The standard InChI is InChI=1S/C20H15N3O5/c1-11(20(26)27)22-19(25)17-18(24)13-8-5-9-15(16(13)14(10-21)23-17)28-12-6-3-2-4-7-12/h2-9,11,24H,1H3,(H,22,25)(H,26,27)/t11-/m0/s1. The average molecular weight is 377 g/mol. The number of nitrogens with one attached hydrogen (secondary N) is 1. The number of carbonyl (C=O) groups is 2. The van der Waals surface area contributed by atoms with Crippen molar-refractivity contribution in [2.45, 2.75) is 13.0 Å². The Bertz CT molecular complexity index is 1110. The Morgan fingerprint density at radius 3 is 2.54 bits per heavy atom. The van der Waals surface area contributed by atoms with Crippen molar-refractivity contribution >= 4 is 22.6 Å². The third-order valence-corrected chi connectivity index (χ3v) is 3.98. The highest BCUT2D eigenvalue weighted by Gasteiger charge is 2.24. The molecule has 0 spiro atoms. The number of amides is 1. The fraction of sp³-hybridized carbons (Fsp3) is 0.100. The van der Waals surface area contributed by atoms with Crippen LogP contribution in [0.15, 0.2) is 48.5 Å². The van der Waals surface area contributed by atoms with E-state index < -0.39 is 29.4 Å². The summed E-state index contributed by atoms with van der Waals surface area (Å²) in [5.41, 5.74) is -0.568. The molecule has 0 aliphatic heterocycles. The summed E-state index contributed by atoms with van der Waals surface area (Å²) >= 11 is 0. The quantitative estimate of drug-likeness (QED) is 0.623. The topological polar surface area (TPSA) is 133 Å². The summed E-state index contributed by atoms with van der Waals surface area (Å²) in [6, 6.07) is 14.3. The minimum atomic E-state index is -1.24. The molecular weight excluding hydrogens is 362 g/mol. The number of carbonyl (C=O) groups excluding carboxylic acids is 1. The van der Waals surface area contributed by atoms with E-state index in [4.69, 9.17) is 9.84 Å².